The van der Waals surface area contributed by atoms with Gasteiger partial charge in [0.15, 0.2) is 11.5 Å². The van der Waals surface area contributed by atoms with Crippen LogP contribution in [0.1, 0.15) is 5.56 Å². The predicted molar refractivity (Wildman–Crippen MR) is 110 cm³/mol. The number of ether oxygens (including phenoxy) is 2. The molecular weight excluding hydrogens is 469 g/mol. The van der Waals surface area contributed by atoms with Crippen LogP contribution in [0, 0.1) is 0 Å². The van der Waals surface area contributed by atoms with Crippen LogP contribution in [0.2, 0.25) is 5.02 Å². The van der Waals surface area contributed by atoms with Gasteiger partial charge >= 0.3 is 7.82 Å². The number of nitrogens with zero attached hydrogens (tertiary/aromatic N) is 3. The SMILES string of the molecule is O=P(O)(O)OC[C@H]1OC(Oc2cccc(Cl)c2CNc2ncnc3nc[nH]c23)[C@H](O)[C@@H]1O. The van der Waals surface area contributed by atoms with Crippen molar-refractivity contribution in [2.24, 2.45) is 0 Å². The average molecular weight is 488 g/mol. The van der Waals surface area contributed by atoms with E-state index < -0.39 is 39.0 Å². The van der Waals surface area contributed by atoms with Gasteiger partial charge in [0.05, 0.1) is 12.9 Å². The number of anilines is 1. The van der Waals surface area contributed by atoms with Crippen molar-refractivity contribution in [1.82, 2.24) is 19.9 Å². The molecule has 0 aliphatic carbocycles. The average Bonchev–Trinajstić information content (AvgIpc) is 3.32. The molecule has 0 bridgehead atoms. The number of aliphatic hydroxyl groups is 2. The number of halogens is 1. The minimum absolute atomic E-state index is 0.177. The summed E-state index contributed by atoms with van der Waals surface area (Å²) in [6, 6.07) is 4.87. The Kier molecular flexibility index (Phi) is 6.60. The number of nitrogens with one attached hydrogen (secondary N) is 2. The molecular formula is C17H19ClN5O8P. The Morgan fingerprint density at radius 1 is 1.22 bits per heavy atom. The van der Waals surface area contributed by atoms with E-state index in [9.17, 15) is 14.8 Å². The van der Waals surface area contributed by atoms with E-state index in [1.165, 1.54) is 12.7 Å². The van der Waals surface area contributed by atoms with Crippen molar-refractivity contribution in [3.05, 3.63) is 41.4 Å². The van der Waals surface area contributed by atoms with Crippen molar-refractivity contribution in [2.75, 3.05) is 11.9 Å². The molecule has 13 nitrogen and oxygen atoms in total. The van der Waals surface area contributed by atoms with Crippen LogP contribution >= 0.6 is 19.4 Å². The summed E-state index contributed by atoms with van der Waals surface area (Å²) in [5.41, 5.74) is 1.60. The fourth-order valence-electron chi connectivity index (χ4n) is 3.14. The van der Waals surface area contributed by atoms with Gasteiger partial charge in [0.25, 0.3) is 0 Å². The third-order valence-electron chi connectivity index (χ3n) is 4.70. The molecule has 1 fully saturated rings. The minimum Gasteiger partial charge on any atom is -0.462 e. The van der Waals surface area contributed by atoms with Crippen LogP contribution in [0.25, 0.3) is 11.2 Å². The number of benzene rings is 1. The fraction of sp³-hybridized carbons (Fsp3) is 0.353. The molecule has 6 N–H and O–H groups in total. The van der Waals surface area contributed by atoms with Crippen LogP contribution in [0.5, 0.6) is 5.75 Å². The largest absolute Gasteiger partial charge is 0.469 e. The second kappa shape index (κ2) is 9.25. The van der Waals surface area contributed by atoms with E-state index >= 15 is 0 Å². The molecule has 3 aromatic rings. The smallest absolute Gasteiger partial charge is 0.462 e. The van der Waals surface area contributed by atoms with Crippen LogP contribution in [-0.2, 0) is 20.4 Å². The number of fused-ring (bicyclic) bond motifs is 1. The zero-order chi connectivity index (χ0) is 22.9. The summed E-state index contributed by atoms with van der Waals surface area (Å²) in [4.78, 5) is 32.9. The van der Waals surface area contributed by atoms with Crippen molar-refractivity contribution >= 4 is 36.4 Å². The van der Waals surface area contributed by atoms with Gasteiger partial charge in [0.2, 0.25) is 6.29 Å². The number of H-pyrrole nitrogens is 1. The van der Waals surface area contributed by atoms with Crippen molar-refractivity contribution < 1.29 is 38.6 Å². The third kappa shape index (κ3) is 5.00. The van der Waals surface area contributed by atoms with E-state index in [1.807, 2.05) is 0 Å². The molecule has 1 saturated heterocycles. The van der Waals surface area contributed by atoms with E-state index in [0.717, 1.165) is 0 Å². The van der Waals surface area contributed by atoms with Gasteiger partial charge in [-0.25, -0.2) is 19.5 Å². The van der Waals surface area contributed by atoms with Gasteiger partial charge in [-0.1, -0.05) is 17.7 Å². The Morgan fingerprint density at radius 3 is 2.81 bits per heavy atom. The molecule has 1 aliphatic heterocycles. The highest BCUT2D eigenvalue weighted by Crippen LogP contribution is 2.38. The maximum Gasteiger partial charge on any atom is 0.469 e. The fourth-order valence-corrected chi connectivity index (χ4v) is 3.71. The number of imidazole rings is 1. The monoisotopic (exact) mass is 487 g/mol. The minimum atomic E-state index is -4.77. The lowest BCUT2D eigenvalue weighted by Crippen LogP contribution is -2.36. The van der Waals surface area contributed by atoms with Gasteiger partial charge in [0.1, 0.15) is 35.9 Å². The van der Waals surface area contributed by atoms with E-state index in [0.29, 0.717) is 27.6 Å². The molecule has 0 radical (unpaired) electrons. The Morgan fingerprint density at radius 2 is 2.03 bits per heavy atom. The molecule has 172 valence electrons. The summed E-state index contributed by atoms with van der Waals surface area (Å²) < 4.78 is 26.4. The lowest BCUT2D eigenvalue weighted by molar-refractivity contribution is -0.116. The molecule has 32 heavy (non-hydrogen) atoms. The number of aliphatic hydroxyl groups excluding tert-OH is 2. The van der Waals surface area contributed by atoms with E-state index in [1.54, 1.807) is 18.2 Å². The van der Waals surface area contributed by atoms with Gasteiger partial charge in [-0.15, -0.1) is 0 Å². The van der Waals surface area contributed by atoms with Crippen LogP contribution in [0.3, 0.4) is 0 Å². The van der Waals surface area contributed by atoms with Crippen LogP contribution in [-0.4, -0.2) is 71.1 Å². The van der Waals surface area contributed by atoms with Crippen molar-refractivity contribution in [1.29, 1.82) is 0 Å². The lowest BCUT2D eigenvalue weighted by Gasteiger charge is -2.20. The molecule has 0 saturated carbocycles. The summed E-state index contributed by atoms with van der Waals surface area (Å²) in [5, 5.41) is 23.8. The van der Waals surface area contributed by atoms with Crippen LogP contribution in [0.4, 0.5) is 5.82 Å². The Bertz CT molecular complexity index is 1140. The molecule has 15 heteroatoms. The molecule has 0 spiro atoms. The van der Waals surface area contributed by atoms with E-state index in [-0.39, 0.29) is 12.3 Å². The van der Waals surface area contributed by atoms with Crippen LogP contribution in [0.15, 0.2) is 30.9 Å². The van der Waals surface area contributed by atoms with E-state index in [4.69, 9.17) is 30.9 Å². The quantitative estimate of drug-likeness (QED) is 0.242. The standard InChI is InChI=1S/C17H19ClN5O8P/c18-9-2-1-3-10(8(9)4-19-15-12-16(21-6-20-12)23-7-22-15)30-17-14(25)13(24)11(31-17)5-29-32(26,27)28/h1-3,6-7,11,13-14,17,24-25H,4-5H2,(H2,26,27,28)(H2,19,20,21,22,23)/t11-,13-,14-,17?/m1/s1. The summed E-state index contributed by atoms with van der Waals surface area (Å²) in [7, 11) is -4.77. The molecule has 4 rings (SSSR count). The molecule has 4 atom stereocenters. The highest BCUT2D eigenvalue weighted by atomic mass is 35.5. The van der Waals surface area contributed by atoms with Crippen molar-refractivity contribution in [2.45, 2.75) is 31.1 Å². The molecule has 0 amide bonds. The second-order valence-corrected chi connectivity index (χ2v) is 8.47. The number of rotatable bonds is 8. The van der Waals surface area contributed by atoms with Crippen LogP contribution < -0.4 is 10.1 Å². The summed E-state index contributed by atoms with van der Waals surface area (Å²) in [6.07, 6.45) is -2.66. The molecule has 2 aromatic heterocycles. The van der Waals surface area contributed by atoms with Gasteiger partial charge in [0, 0.05) is 17.1 Å². The number of phosphoric acid groups is 1. The Balaban J connectivity index is 1.48. The lowest BCUT2D eigenvalue weighted by atomic mass is 10.1. The normalized spacial score (nSPS) is 23.5. The first-order valence-electron chi connectivity index (χ1n) is 9.26. The topological polar surface area (TPSA) is 192 Å². The highest BCUT2D eigenvalue weighted by molar-refractivity contribution is 7.46. The number of phosphoric ester groups is 1. The summed E-state index contributed by atoms with van der Waals surface area (Å²) >= 11 is 6.34. The molecule has 1 unspecified atom stereocenters. The van der Waals surface area contributed by atoms with Crippen molar-refractivity contribution in [3.8, 4) is 5.75 Å². The van der Waals surface area contributed by atoms with Gasteiger partial charge in [-0.05, 0) is 12.1 Å². The van der Waals surface area contributed by atoms with Crippen molar-refractivity contribution in [3.63, 3.8) is 0 Å². The van der Waals surface area contributed by atoms with Gasteiger partial charge in [-0.3, -0.25) is 4.52 Å². The van der Waals surface area contributed by atoms with Gasteiger partial charge < -0.3 is 39.8 Å². The number of aromatic amines is 1. The number of aromatic nitrogens is 4. The Labute approximate surface area is 185 Å². The highest BCUT2D eigenvalue weighted by Gasteiger charge is 2.45. The zero-order valence-corrected chi connectivity index (χ0v) is 17.8. The Hall–Kier alpha value is -2.35. The number of hydrogen-bond donors (Lipinski definition) is 6. The van der Waals surface area contributed by atoms with Gasteiger partial charge in [-0.2, -0.15) is 0 Å². The second-order valence-electron chi connectivity index (χ2n) is 6.82. The molecule has 1 aromatic carbocycles. The summed E-state index contributed by atoms with van der Waals surface area (Å²) in [6.45, 7) is -0.462. The maximum absolute atomic E-state index is 10.9. The first kappa shape index (κ1) is 22.8. The predicted octanol–water partition coefficient (Wildman–Crippen LogP) is 0.553. The number of hydrogen-bond acceptors (Lipinski definition) is 10. The molecule has 1 aliphatic rings. The first-order chi connectivity index (χ1) is 15.2. The maximum atomic E-state index is 10.9. The van der Waals surface area contributed by atoms with E-state index in [2.05, 4.69) is 29.8 Å². The molecule has 3 heterocycles. The summed E-state index contributed by atoms with van der Waals surface area (Å²) in [5.74, 6) is 0.744. The zero-order valence-electron chi connectivity index (χ0n) is 16.2. The first-order valence-corrected chi connectivity index (χ1v) is 11.2. The third-order valence-corrected chi connectivity index (χ3v) is 5.54.